The van der Waals surface area contributed by atoms with Crippen molar-refractivity contribution in [2.24, 2.45) is 0 Å². The number of nitrogens with one attached hydrogen (secondary N) is 1. The van der Waals surface area contributed by atoms with E-state index < -0.39 is 10.0 Å². The summed E-state index contributed by atoms with van der Waals surface area (Å²) in [6.45, 7) is 8.29. The van der Waals surface area contributed by atoms with Gasteiger partial charge in [-0.3, -0.25) is 0 Å². The Labute approximate surface area is 128 Å². The smallest absolute Gasteiger partial charge is 0.240 e. The highest BCUT2D eigenvalue weighted by Crippen LogP contribution is 2.27. The lowest BCUT2D eigenvalue weighted by Crippen LogP contribution is -2.32. The predicted octanol–water partition coefficient (Wildman–Crippen LogP) is 2.81. The molecule has 0 heterocycles. The van der Waals surface area contributed by atoms with Crippen LogP contribution in [0.1, 0.15) is 52.5 Å². The zero-order valence-corrected chi connectivity index (χ0v) is 14.2. The highest BCUT2D eigenvalue weighted by molar-refractivity contribution is 7.89. The first-order valence-electron chi connectivity index (χ1n) is 7.46. The minimum Gasteiger partial charge on any atom is -0.396 e. The zero-order valence-electron chi connectivity index (χ0n) is 13.4. The third-order valence-electron chi connectivity index (χ3n) is 3.98. The Kier molecular flexibility index (Phi) is 6.38. The van der Waals surface area contributed by atoms with E-state index in [1.807, 2.05) is 19.1 Å². The Balaban J connectivity index is 2.85. The first kappa shape index (κ1) is 18.1. The molecule has 0 spiro atoms. The highest BCUT2D eigenvalue weighted by Gasteiger charge is 2.21. The SMILES string of the molecule is CCC(C)(C)c1ccc(S(=O)(=O)NC(C)CCCO)cc1. The summed E-state index contributed by atoms with van der Waals surface area (Å²) in [4.78, 5) is 0.286. The molecule has 1 aromatic rings. The van der Waals surface area contributed by atoms with Crippen molar-refractivity contribution in [1.29, 1.82) is 0 Å². The van der Waals surface area contributed by atoms with Gasteiger partial charge in [-0.05, 0) is 49.3 Å². The maximum Gasteiger partial charge on any atom is 0.240 e. The Morgan fingerprint density at radius 2 is 1.81 bits per heavy atom. The summed E-state index contributed by atoms with van der Waals surface area (Å²) in [5, 5.41) is 8.78. The van der Waals surface area contributed by atoms with Gasteiger partial charge in [-0.2, -0.15) is 0 Å². The fraction of sp³-hybridized carbons (Fsp3) is 0.625. The molecule has 2 N–H and O–H groups in total. The monoisotopic (exact) mass is 313 g/mol. The second-order valence-electron chi connectivity index (χ2n) is 6.15. The molecule has 0 saturated heterocycles. The van der Waals surface area contributed by atoms with Crippen molar-refractivity contribution in [3.63, 3.8) is 0 Å². The Bertz CT molecular complexity index is 535. The second kappa shape index (κ2) is 7.38. The summed E-state index contributed by atoms with van der Waals surface area (Å²) in [5.74, 6) is 0. The molecule has 0 aromatic heterocycles. The average Bonchev–Trinajstić information content (AvgIpc) is 2.44. The van der Waals surface area contributed by atoms with Gasteiger partial charge in [0.2, 0.25) is 10.0 Å². The lowest BCUT2D eigenvalue weighted by molar-refractivity contribution is 0.279. The summed E-state index contributed by atoms with van der Waals surface area (Å²) < 4.78 is 27.2. The van der Waals surface area contributed by atoms with Crippen LogP contribution in [0.2, 0.25) is 0 Å². The summed E-state index contributed by atoms with van der Waals surface area (Å²) >= 11 is 0. The fourth-order valence-corrected chi connectivity index (χ4v) is 3.36. The van der Waals surface area contributed by atoms with Crippen molar-refractivity contribution >= 4 is 10.0 Å². The van der Waals surface area contributed by atoms with Crippen molar-refractivity contribution in [3.8, 4) is 0 Å². The van der Waals surface area contributed by atoms with E-state index in [9.17, 15) is 8.42 Å². The first-order valence-corrected chi connectivity index (χ1v) is 8.95. The molecule has 5 heteroatoms. The number of hydrogen-bond acceptors (Lipinski definition) is 3. The molecule has 1 aromatic carbocycles. The third-order valence-corrected chi connectivity index (χ3v) is 5.59. The third kappa shape index (κ3) is 5.09. The number of benzene rings is 1. The van der Waals surface area contributed by atoms with Gasteiger partial charge in [0, 0.05) is 12.6 Å². The van der Waals surface area contributed by atoms with Crippen molar-refractivity contribution in [2.45, 2.75) is 63.3 Å². The van der Waals surface area contributed by atoms with Crippen LogP contribution in [0, 0.1) is 0 Å². The molecule has 0 bridgehead atoms. The minimum absolute atomic E-state index is 0.0458. The molecule has 0 aliphatic carbocycles. The van der Waals surface area contributed by atoms with Crippen molar-refractivity contribution < 1.29 is 13.5 Å². The van der Waals surface area contributed by atoms with Crippen LogP contribution >= 0.6 is 0 Å². The maximum absolute atomic E-state index is 12.3. The molecule has 1 rings (SSSR count). The van der Waals surface area contributed by atoms with Gasteiger partial charge in [-0.25, -0.2) is 13.1 Å². The van der Waals surface area contributed by atoms with Crippen molar-refractivity contribution in [3.05, 3.63) is 29.8 Å². The number of sulfonamides is 1. The van der Waals surface area contributed by atoms with E-state index in [1.165, 1.54) is 0 Å². The van der Waals surface area contributed by atoms with Crippen LogP contribution in [0.25, 0.3) is 0 Å². The Hall–Kier alpha value is -0.910. The van der Waals surface area contributed by atoms with Gasteiger partial charge in [0.15, 0.2) is 0 Å². The lowest BCUT2D eigenvalue weighted by Gasteiger charge is -2.23. The van der Waals surface area contributed by atoms with Gasteiger partial charge in [-0.15, -0.1) is 0 Å². The van der Waals surface area contributed by atoms with E-state index in [4.69, 9.17) is 5.11 Å². The number of rotatable bonds is 8. The molecule has 21 heavy (non-hydrogen) atoms. The van der Waals surface area contributed by atoms with Gasteiger partial charge < -0.3 is 5.11 Å². The summed E-state index contributed by atoms with van der Waals surface area (Å²) in [7, 11) is -3.49. The predicted molar refractivity (Wildman–Crippen MR) is 85.9 cm³/mol. The van der Waals surface area contributed by atoms with Crippen molar-refractivity contribution in [2.75, 3.05) is 6.61 Å². The molecule has 0 saturated carbocycles. The molecule has 0 aliphatic rings. The van der Waals surface area contributed by atoms with Gasteiger partial charge in [0.1, 0.15) is 0 Å². The average molecular weight is 313 g/mol. The molecule has 120 valence electrons. The molecule has 0 amide bonds. The molecule has 4 nitrogen and oxygen atoms in total. The van der Waals surface area contributed by atoms with Gasteiger partial charge in [0.25, 0.3) is 0 Å². The van der Waals surface area contributed by atoms with Crippen LogP contribution in [-0.4, -0.2) is 26.2 Å². The van der Waals surface area contributed by atoms with E-state index in [1.54, 1.807) is 12.1 Å². The van der Waals surface area contributed by atoms with E-state index in [0.29, 0.717) is 12.8 Å². The van der Waals surface area contributed by atoms with Gasteiger partial charge in [-0.1, -0.05) is 32.9 Å². The van der Waals surface area contributed by atoms with Crippen LogP contribution in [0.15, 0.2) is 29.2 Å². The van der Waals surface area contributed by atoms with E-state index in [-0.39, 0.29) is 23.0 Å². The normalized spacial score (nSPS) is 14.1. The minimum atomic E-state index is -3.49. The van der Waals surface area contributed by atoms with Gasteiger partial charge >= 0.3 is 0 Å². The van der Waals surface area contributed by atoms with Crippen LogP contribution in [0.3, 0.4) is 0 Å². The summed E-state index contributed by atoms with van der Waals surface area (Å²) in [6, 6.07) is 6.91. The molecule has 1 unspecified atom stereocenters. The Morgan fingerprint density at radius 1 is 1.24 bits per heavy atom. The Morgan fingerprint density at radius 3 is 2.29 bits per heavy atom. The zero-order chi connectivity index (χ0) is 16.1. The number of aliphatic hydroxyl groups excluding tert-OH is 1. The second-order valence-corrected chi connectivity index (χ2v) is 7.86. The molecule has 0 aliphatic heterocycles. The van der Waals surface area contributed by atoms with Crippen LogP contribution in [0.5, 0.6) is 0 Å². The van der Waals surface area contributed by atoms with Gasteiger partial charge in [0.05, 0.1) is 4.90 Å². The van der Waals surface area contributed by atoms with Crippen molar-refractivity contribution in [1.82, 2.24) is 4.72 Å². The number of aliphatic hydroxyl groups is 1. The topological polar surface area (TPSA) is 66.4 Å². The largest absolute Gasteiger partial charge is 0.396 e. The molecule has 0 radical (unpaired) electrons. The standard InChI is InChI=1S/C16H27NO3S/c1-5-16(3,4)14-8-10-15(11-9-14)21(19,20)17-13(2)7-6-12-18/h8-11,13,17-18H,5-7,12H2,1-4H3. The quantitative estimate of drug-likeness (QED) is 0.775. The van der Waals surface area contributed by atoms with E-state index in [2.05, 4.69) is 25.5 Å². The lowest BCUT2D eigenvalue weighted by atomic mass is 9.82. The molecule has 1 atom stereocenters. The van der Waals surface area contributed by atoms with Crippen LogP contribution < -0.4 is 4.72 Å². The molecule has 0 fully saturated rings. The molecular weight excluding hydrogens is 286 g/mol. The highest BCUT2D eigenvalue weighted by atomic mass is 32.2. The number of hydrogen-bond donors (Lipinski definition) is 2. The maximum atomic E-state index is 12.3. The molecular formula is C16H27NO3S. The fourth-order valence-electron chi connectivity index (χ4n) is 2.08. The van der Waals surface area contributed by atoms with Crippen LogP contribution in [-0.2, 0) is 15.4 Å². The van der Waals surface area contributed by atoms with E-state index in [0.717, 1.165) is 12.0 Å². The summed E-state index contributed by atoms with van der Waals surface area (Å²) in [6.07, 6.45) is 2.21. The van der Waals surface area contributed by atoms with Crippen LogP contribution in [0.4, 0.5) is 0 Å². The summed E-state index contributed by atoms with van der Waals surface area (Å²) in [5.41, 5.74) is 1.18. The first-order chi connectivity index (χ1) is 9.73. The van der Waals surface area contributed by atoms with E-state index >= 15 is 0 Å².